The Bertz CT molecular complexity index is 238. The van der Waals surface area contributed by atoms with Crippen molar-refractivity contribution < 1.29 is 4.79 Å². The van der Waals surface area contributed by atoms with E-state index in [9.17, 15) is 4.79 Å². The smallest absolute Gasteiger partial charge is 0.148 e. The Morgan fingerprint density at radius 1 is 1.31 bits per heavy atom. The molecular weight excluding hydrogens is 162 g/mol. The summed E-state index contributed by atoms with van der Waals surface area (Å²) in [5.74, 6) is 1.74. The van der Waals surface area contributed by atoms with Crippen molar-refractivity contribution in [2.45, 2.75) is 45.2 Å². The first kappa shape index (κ1) is 9.20. The molecule has 0 amide bonds. The topological polar surface area (TPSA) is 20.1 Å². The van der Waals surface area contributed by atoms with Gasteiger partial charge in [0.1, 0.15) is 5.78 Å². The molecule has 0 aromatic rings. The summed E-state index contributed by atoms with van der Waals surface area (Å²) in [5.41, 5.74) is 0.242. The zero-order valence-electron chi connectivity index (χ0n) is 9.00. The molecule has 1 heterocycles. The van der Waals surface area contributed by atoms with E-state index in [2.05, 4.69) is 25.8 Å². The van der Waals surface area contributed by atoms with E-state index >= 15 is 0 Å². The number of likely N-dealkylation sites (N-methyl/N-ethyl adjacent to an activating group) is 1. The molecule has 1 aliphatic heterocycles. The van der Waals surface area contributed by atoms with Crippen LogP contribution in [0.2, 0.25) is 0 Å². The van der Waals surface area contributed by atoms with E-state index in [1.54, 1.807) is 6.92 Å². The molecule has 0 bridgehead atoms. The average molecular weight is 181 g/mol. The third-order valence-corrected chi connectivity index (χ3v) is 4.37. The van der Waals surface area contributed by atoms with Crippen molar-refractivity contribution in [2.24, 2.45) is 11.8 Å². The number of hydrogen-bond acceptors (Lipinski definition) is 2. The van der Waals surface area contributed by atoms with Crippen LogP contribution in [-0.4, -0.2) is 29.3 Å². The van der Waals surface area contributed by atoms with Crippen LogP contribution in [0.1, 0.15) is 33.6 Å². The number of Topliss-reactive ketones (excluding diaryl/α,β-unsaturated/α-hetero) is 1. The van der Waals surface area contributed by atoms with Gasteiger partial charge < -0.3 is 0 Å². The zero-order chi connectivity index (χ0) is 9.80. The molecule has 0 radical (unpaired) electrons. The second-order valence-electron chi connectivity index (χ2n) is 4.89. The van der Waals surface area contributed by atoms with Gasteiger partial charge in [-0.2, -0.15) is 0 Å². The molecule has 4 atom stereocenters. The standard InChI is InChI=1S/C11H19NO/c1-7-5-6-8(2)11(7)10(9(3)13)12(11)4/h7-8,10H,5-6H2,1-4H3. The number of carbonyl (C=O) groups excluding carboxylic acids is 1. The third kappa shape index (κ3) is 0.899. The van der Waals surface area contributed by atoms with Crippen LogP contribution in [0.3, 0.4) is 0 Å². The lowest BCUT2D eigenvalue weighted by molar-refractivity contribution is -0.117. The highest BCUT2D eigenvalue weighted by molar-refractivity contribution is 5.87. The van der Waals surface area contributed by atoms with Gasteiger partial charge in [-0.05, 0) is 38.6 Å². The maximum Gasteiger partial charge on any atom is 0.148 e. The minimum Gasteiger partial charge on any atom is -0.298 e. The Labute approximate surface area is 80.3 Å². The maximum atomic E-state index is 11.4. The van der Waals surface area contributed by atoms with Crippen molar-refractivity contribution in [1.82, 2.24) is 4.90 Å². The maximum absolute atomic E-state index is 11.4. The van der Waals surface area contributed by atoms with Crippen molar-refractivity contribution in [3.8, 4) is 0 Å². The number of ketones is 1. The van der Waals surface area contributed by atoms with Crippen LogP contribution < -0.4 is 0 Å². The molecule has 4 unspecified atom stereocenters. The first-order valence-corrected chi connectivity index (χ1v) is 5.26. The molecule has 1 saturated carbocycles. The van der Waals surface area contributed by atoms with Gasteiger partial charge in [-0.1, -0.05) is 13.8 Å². The lowest BCUT2D eigenvalue weighted by Crippen LogP contribution is -2.29. The molecule has 1 aliphatic carbocycles. The summed E-state index contributed by atoms with van der Waals surface area (Å²) in [5, 5.41) is 0. The molecule has 2 nitrogen and oxygen atoms in total. The molecule has 1 saturated heterocycles. The van der Waals surface area contributed by atoms with Crippen molar-refractivity contribution in [3.05, 3.63) is 0 Å². The second kappa shape index (κ2) is 2.57. The van der Waals surface area contributed by atoms with Crippen molar-refractivity contribution in [3.63, 3.8) is 0 Å². The highest BCUT2D eigenvalue weighted by Gasteiger charge is 2.69. The fourth-order valence-electron chi connectivity index (χ4n) is 3.74. The van der Waals surface area contributed by atoms with E-state index in [1.807, 2.05) is 0 Å². The van der Waals surface area contributed by atoms with E-state index in [0.717, 1.165) is 0 Å². The van der Waals surface area contributed by atoms with Gasteiger partial charge in [0.05, 0.1) is 6.04 Å². The summed E-state index contributed by atoms with van der Waals surface area (Å²) in [6, 6.07) is 0.222. The first-order chi connectivity index (χ1) is 6.02. The zero-order valence-corrected chi connectivity index (χ0v) is 9.00. The van der Waals surface area contributed by atoms with E-state index in [-0.39, 0.29) is 11.6 Å². The number of nitrogens with zero attached hydrogens (tertiary/aromatic N) is 1. The van der Waals surface area contributed by atoms with Crippen LogP contribution >= 0.6 is 0 Å². The predicted octanol–water partition coefficient (Wildman–Crippen LogP) is 1.69. The number of hydrogen-bond donors (Lipinski definition) is 0. The van der Waals surface area contributed by atoms with E-state index in [1.165, 1.54) is 12.8 Å². The number of rotatable bonds is 1. The summed E-state index contributed by atoms with van der Waals surface area (Å²) in [6.07, 6.45) is 2.57. The lowest BCUT2D eigenvalue weighted by atomic mass is 9.86. The summed E-state index contributed by atoms with van der Waals surface area (Å²) < 4.78 is 0. The highest BCUT2D eigenvalue weighted by atomic mass is 16.1. The van der Waals surface area contributed by atoms with Crippen molar-refractivity contribution in [1.29, 1.82) is 0 Å². The molecule has 2 rings (SSSR count). The molecule has 2 aliphatic rings. The fourth-order valence-corrected chi connectivity index (χ4v) is 3.74. The van der Waals surface area contributed by atoms with Gasteiger partial charge in [0.15, 0.2) is 0 Å². The van der Waals surface area contributed by atoms with E-state index in [4.69, 9.17) is 0 Å². The van der Waals surface area contributed by atoms with Gasteiger partial charge in [-0.3, -0.25) is 9.69 Å². The molecule has 13 heavy (non-hydrogen) atoms. The Kier molecular flexibility index (Phi) is 1.82. The summed E-state index contributed by atoms with van der Waals surface area (Å²) in [4.78, 5) is 13.7. The minimum absolute atomic E-state index is 0.222. The second-order valence-corrected chi connectivity index (χ2v) is 4.89. The minimum atomic E-state index is 0.222. The third-order valence-electron chi connectivity index (χ3n) is 4.37. The fraction of sp³-hybridized carbons (Fsp3) is 0.909. The van der Waals surface area contributed by atoms with Gasteiger partial charge in [0.25, 0.3) is 0 Å². The Balaban J connectivity index is 2.27. The van der Waals surface area contributed by atoms with Gasteiger partial charge in [0, 0.05) is 5.54 Å². The molecule has 2 fully saturated rings. The van der Waals surface area contributed by atoms with Crippen LogP contribution in [0, 0.1) is 11.8 Å². The summed E-state index contributed by atoms with van der Waals surface area (Å²) in [6.45, 7) is 6.32. The number of carbonyl (C=O) groups is 1. The summed E-state index contributed by atoms with van der Waals surface area (Å²) >= 11 is 0. The average Bonchev–Trinajstić information content (AvgIpc) is 2.58. The van der Waals surface area contributed by atoms with E-state index < -0.39 is 0 Å². The molecule has 74 valence electrons. The molecule has 1 spiro atoms. The van der Waals surface area contributed by atoms with Crippen LogP contribution in [0.4, 0.5) is 0 Å². The van der Waals surface area contributed by atoms with Crippen LogP contribution in [0.5, 0.6) is 0 Å². The largest absolute Gasteiger partial charge is 0.298 e. The van der Waals surface area contributed by atoms with Gasteiger partial charge in [-0.25, -0.2) is 0 Å². The SMILES string of the molecule is CC(=O)C1N(C)C12C(C)CCC2C. The predicted molar refractivity (Wildman–Crippen MR) is 52.5 cm³/mol. The summed E-state index contributed by atoms with van der Waals surface area (Å²) in [7, 11) is 2.10. The Morgan fingerprint density at radius 3 is 2.08 bits per heavy atom. The van der Waals surface area contributed by atoms with Crippen molar-refractivity contribution >= 4 is 5.78 Å². The Hall–Kier alpha value is -0.370. The van der Waals surface area contributed by atoms with Crippen LogP contribution in [0.15, 0.2) is 0 Å². The normalized spacial score (nSPS) is 54.2. The van der Waals surface area contributed by atoms with Gasteiger partial charge >= 0.3 is 0 Å². The molecule has 0 aromatic carbocycles. The van der Waals surface area contributed by atoms with Crippen LogP contribution in [-0.2, 0) is 4.79 Å². The molecular formula is C11H19NO. The van der Waals surface area contributed by atoms with E-state index in [0.29, 0.717) is 17.6 Å². The quantitative estimate of drug-likeness (QED) is 0.574. The Morgan fingerprint density at radius 2 is 1.77 bits per heavy atom. The monoisotopic (exact) mass is 181 g/mol. The van der Waals surface area contributed by atoms with Crippen LogP contribution in [0.25, 0.3) is 0 Å². The molecule has 0 aromatic heterocycles. The molecule has 2 heteroatoms. The lowest BCUT2D eigenvalue weighted by Gasteiger charge is -2.19. The molecule has 0 N–H and O–H groups in total. The highest BCUT2D eigenvalue weighted by Crippen LogP contribution is 2.58. The first-order valence-electron chi connectivity index (χ1n) is 5.26. The van der Waals surface area contributed by atoms with Gasteiger partial charge in [0.2, 0.25) is 0 Å². The van der Waals surface area contributed by atoms with Crippen molar-refractivity contribution in [2.75, 3.05) is 7.05 Å². The van der Waals surface area contributed by atoms with Gasteiger partial charge in [-0.15, -0.1) is 0 Å².